The van der Waals surface area contributed by atoms with E-state index in [1.165, 1.54) is 6.21 Å². The van der Waals surface area contributed by atoms with Crippen LogP contribution in [0.4, 0.5) is 0 Å². The van der Waals surface area contributed by atoms with Crippen molar-refractivity contribution in [3.63, 3.8) is 0 Å². The largest absolute Gasteiger partial charge is 0.462 e. The summed E-state index contributed by atoms with van der Waals surface area (Å²) in [6.07, 6.45) is 1.24. The summed E-state index contributed by atoms with van der Waals surface area (Å²) in [5.41, 5.74) is 1.08. The minimum Gasteiger partial charge on any atom is -0.462 e. The molecule has 1 atom stereocenters. The normalized spacial score (nSPS) is 12.7. The van der Waals surface area contributed by atoms with Crippen LogP contribution in [-0.2, 0) is 9.53 Å². The highest BCUT2D eigenvalue weighted by Crippen LogP contribution is 2.14. The summed E-state index contributed by atoms with van der Waals surface area (Å²) in [6, 6.07) is 9.79. The fourth-order valence-corrected chi connectivity index (χ4v) is 1.17. The van der Waals surface area contributed by atoms with E-state index in [1.807, 2.05) is 37.3 Å². The van der Waals surface area contributed by atoms with E-state index >= 15 is 0 Å². The van der Waals surface area contributed by atoms with Crippen molar-refractivity contribution in [1.29, 1.82) is 0 Å². The zero-order valence-corrected chi connectivity index (χ0v) is 9.01. The zero-order chi connectivity index (χ0) is 11.1. The summed E-state index contributed by atoms with van der Waals surface area (Å²) in [7, 11) is 0. The lowest BCUT2D eigenvalue weighted by Gasteiger charge is -2.05. The van der Waals surface area contributed by atoms with Crippen LogP contribution in [0.2, 0.25) is 0 Å². The molecule has 3 heteroatoms. The first-order chi connectivity index (χ1) is 7.24. The lowest BCUT2D eigenvalue weighted by atomic mass is 10.1. The van der Waals surface area contributed by atoms with Crippen LogP contribution in [0.25, 0.3) is 0 Å². The quantitative estimate of drug-likeness (QED) is 0.559. The van der Waals surface area contributed by atoms with E-state index < -0.39 is 0 Å². The van der Waals surface area contributed by atoms with Gasteiger partial charge in [-0.2, -0.15) is 0 Å². The van der Waals surface area contributed by atoms with Crippen molar-refractivity contribution in [2.45, 2.75) is 19.9 Å². The van der Waals surface area contributed by atoms with E-state index in [0.717, 1.165) is 5.56 Å². The molecule has 80 valence electrons. The minimum atomic E-state index is -0.389. The van der Waals surface area contributed by atoms with E-state index in [0.29, 0.717) is 6.61 Å². The Labute approximate surface area is 89.8 Å². The molecule has 0 aliphatic carbocycles. The highest BCUT2D eigenvalue weighted by atomic mass is 16.5. The molecule has 0 bridgehead atoms. The molecular formula is C12H15NO2. The van der Waals surface area contributed by atoms with Gasteiger partial charge in [-0.1, -0.05) is 30.3 Å². The second-order valence-corrected chi connectivity index (χ2v) is 3.12. The molecule has 0 heterocycles. The van der Waals surface area contributed by atoms with E-state index in [9.17, 15) is 4.79 Å². The van der Waals surface area contributed by atoms with Gasteiger partial charge in [0.05, 0.1) is 12.6 Å². The molecule has 0 aromatic heterocycles. The zero-order valence-electron chi connectivity index (χ0n) is 9.01. The Kier molecular flexibility index (Phi) is 4.54. The highest BCUT2D eigenvalue weighted by molar-refractivity contribution is 6.23. The topological polar surface area (TPSA) is 38.7 Å². The Bertz CT molecular complexity index is 333. The smallest absolute Gasteiger partial charge is 0.348 e. The molecule has 0 unspecified atom stereocenters. The Morgan fingerprint density at radius 2 is 2.13 bits per heavy atom. The predicted octanol–water partition coefficient (Wildman–Crippen LogP) is 2.38. The number of rotatable bonds is 4. The third kappa shape index (κ3) is 3.94. The maximum Gasteiger partial charge on any atom is 0.348 e. The average molecular weight is 205 g/mol. The number of nitrogens with zero attached hydrogens (tertiary/aromatic N) is 1. The molecule has 0 spiro atoms. The summed E-state index contributed by atoms with van der Waals surface area (Å²) >= 11 is 0. The molecule has 0 aliphatic heterocycles. The number of carbonyl (C=O) groups is 1. The van der Waals surface area contributed by atoms with Crippen LogP contribution in [0, 0.1) is 0 Å². The van der Waals surface area contributed by atoms with E-state index in [2.05, 4.69) is 4.99 Å². The van der Waals surface area contributed by atoms with Crippen LogP contribution in [0.15, 0.2) is 35.3 Å². The number of ether oxygens (including phenoxy) is 1. The van der Waals surface area contributed by atoms with Gasteiger partial charge in [-0.3, -0.25) is 4.99 Å². The fraction of sp³-hybridized carbons (Fsp3) is 0.333. The number of aliphatic imine (C=N–C) groups is 1. The number of hydrogen-bond donors (Lipinski definition) is 0. The molecule has 1 aromatic carbocycles. The third-order valence-electron chi connectivity index (χ3n) is 1.97. The van der Waals surface area contributed by atoms with Crippen LogP contribution in [-0.4, -0.2) is 18.8 Å². The standard InChI is InChI=1S/C12H15NO2/c1-3-15-12(14)9-13-10(2)11-7-5-4-6-8-11/h4-10H,3H2,1-2H3/b13-9+/t10-/m1/s1. The van der Waals surface area contributed by atoms with Crippen molar-refractivity contribution in [3.05, 3.63) is 35.9 Å². The first-order valence-corrected chi connectivity index (χ1v) is 4.99. The Morgan fingerprint density at radius 3 is 2.73 bits per heavy atom. The first-order valence-electron chi connectivity index (χ1n) is 4.99. The van der Waals surface area contributed by atoms with Crippen LogP contribution in [0.3, 0.4) is 0 Å². The van der Waals surface area contributed by atoms with Gasteiger partial charge in [0.2, 0.25) is 0 Å². The molecular weight excluding hydrogens is 190 g/mol. The molecule has 0 radical (unpaired) electrons. The summed E-state index contributed by atoms with van der Waals surface area (Å²) in [5, 5.41) is 0. The second kappa shape index (κ2) is 5.96. The van der Waals surface area contributed by atoms with E-state index in [4.69, 9.17) is 4.74 Å². The third-order valence-corrected chi connectivity index (χ3v) is 1.97. The van der Waals surface area contributed by atoms with Crippen LogP contribution < -0.4 is 0 Å². The van der Waals surface area contributed by atoms with Gasteiger partial charge in [0.1, 0.15) is 6.21 Å². The molecule has 0 saturated heterocycles. The summed E-state index contributed by atoms with van der Waals surface area (Å²) in [6.45, 7) is 4.09. The molecule has 0 fully saturated rings. The summed E-state index contributed by atoms with van der Waals surface area (Å²) < 4.78 is 4.74. The SMILES string of the molecule is CCOC(=O)/C=N/[C@H](C)c1ccccc1. The van der Waals surface area contributed by atoms with Gasteiger partial charge in [-0.05, 0) is 19.4 Å². The van der Waals surface area contributed by atoms with Crippen molar-refractivity contribution < 1.29 is 9.53 Å². The maximum absolute atomic E-state index is 11.0. The van der Waals surface area contributed by atoms with Gasteiger partial charge in [0.25, 0.3) is 0 Å². The van der Waals surface area contributed by atoms with Gasteiger partial charge in [-0.15, -0.1) is 0 Å². The summed E-state index contributed by atoms with van der Waals surface area (Å²) in [5.74, 6) is -0.389. The number of carbonyl (C=O) groups excluding carboxylic acids is 1. The van der Waals surface area contributed by atoms with Gasteiger partial charge >= 0.3 is 5.97 Å². The molecule has 1 aromatic rings. The molecule has 0 amide bonds. The lowest BCUT2D eigenvalue weighted by molar-refractivity contribution is -0.134. The second-order valence-electron chi connectivity index (χ2n) is 3.12. The van der Waals surface area contributed by atoms with Crippen molar-refractivity contribution in [2.75, 3.05) is 6.61 Å². The van der Waals surface area contributed by atoms with Crippen LogP contribution in [0.1, 0.15) is 25.5 Å². The summed E-state index contributed by atoms with van der Waals surface area (Å²) in [4.78, 5) is 15.1. The van der Waals surface area contributed by atoms with Gasteiger partial charge in [-0.25, -0.2) is 4.79 Å². The van der Waals surface area contributed by atoms with E-state index in [-0.39, 0.29) is 12.0 Å². The number of benzene rings is 1. The maximum atomic E-state index is 11.0. The number of hydrogen-bond acceptors (Lipinski definition) is 3. The fourth-order valence-electron chi connectivity index (χ4n) is 1.17. The molecule has 0 N–H and O–H groups in total. The van der Waals surface area contributed by atoms with Crippen molar-refractivity contribution in [3.8, 4) is 0 Å². The van der Waals surface area contributed by atoms with Crippen molar-refractivity contribution in [1.82, 2.24) is 0 Å². The van der Waals surface area contributed by atoms with Gasteiger partial charge < -0.3 is 4.74 Å². The van der Waals surface area contributed by atoms with Crippen LogP contribution in [0.5, 0.6) is 0 Å². The van der Waals surface area contributed by atoms with Crippen molar-refractivity contribution >= 4 is 12.2 Å². The monoisotopic (exact) mass is 205 g/mol. The molecule has 0 aliphatic rings. The Morgan fingerprint density at radius 1 is 1.47 bits per heavy atom. The molecule has 15 heavy (non-hydrogen) atoms. The minimum absolute atomic E-state index is 0.0180. The highest BCUT2D eigenvalue weighted by Gasteiger charge is 2.02. The molecule has 1 rings (SSSR count). The Balaban J connectivity index is 2.56. The van der Waals surface area contributed by atoms with Gasteiger partial charge in [0.15, 0.2) is 0 Å². The van der Waals surface area contributed by atoms with Crippen molar-refractivity contribution in [2.24, 2.45) is 4.99 Å². The lowest BCUT2D eigenvalue weighted by Crippen LogP contribution is -2.05. The number of esters is 1. The molecule has 3 nitrogen and oxygen atoms in total. The average Bonchev–Trinajstić information content (AvgIpc) is 2.27. The van der Waals surface area contributed by atoms with Crippen LogP contribution >= 0.6 is 0 Å². The molecule has 0 saturated carbocycles. The first kappa shape index (κ1) is 11.4. The van der Waals surface area contributed by atoms with Gasteiger partial charge in [0, 0.05) is 0 Å². The Hall–Kier alpha value is -1.64. The van der Waals surface area contributed by atoms with E-state index in [1.54, 1.807) is 6.92 Å². The predicted molar refractivity (Wildman–Crippen MR) is 60.0 cm³/mol.